The van der Waals surface area contributed by atoms with Crippen LogP contribution in [0.4, 0.5) is 0 Å². The maximum absolute atomic E-state index is 11.8. The third-order valence-electron chi connectivity index (χ3n) is 2.90. The molecule has 0 radical (unpaired) electrons. The number of carbonyl (C=O) groups excluding carboxylic acids is 2. The smallest absolute Gasteiger partial charge is 0.220 e. The zero-order valence-electron chi connectivity index (χ0n) is 10.8. The van der Waals surface area contributed by atoms with E-state index in [1.54, 1.807) is 7.11 Å². The second-order valence-electron chi connectivity index (χ2n) is 4.14. The molecule has 19 heavy (non-hydrogen) atoms. The van der Waals surface area contributed by atoms with Gasteiger partial charge in [-0.05, 0) is 23.8 Å². The van der Waals surface area contributed by atoms with Crippen molar-refractivity contribution in [2.75, 3.05) is 14.2 Å². The highest BCUT2D eigenvalue weighted by molar-refractivity contribution is 6.19. The molecule has 0 atom stereocenters. The van der Waals surface area contributed by atoms with Crippen LogP contribution in [-0.4, -0.2) is 25.8 Å². The van der Waals surface area contributed by atoms with Crippen LogP contribution < -0.4 is 4.74 Å². The minimum atomic E-state index is -0.273. The van der Waals surface area contributed by atoms with Crippen molar-refractivity contribution in [1.29, 1.82) is 0 Å². The Labute approximate surface area is 111 Å². The highest BCUT2D eigenvalue weighted by atomic mass is 16.5. The van der Waals surface area contributed by atoms with Gasteiger partial charge < -0.3 is 9.47 Å². The van der Waals surface area contributed by atoms with Gasteiger partial charge in [0.25, 0.3) is 0 Å². The average molecular weight is 258 g/mol. The lowest BCUT2D eigenvalue weighted by molar-refractivity contribution is -0.117. The van der Waals surface area contributed by atoms with Crippen LogP contribution >= 0.6 is 0 Å². The summed E-state index contributed by atoms with van der Waals surface area (Å²) in [6.45, 7) is 0. The third-order valence-corrected chi connectivity index (χ3v) is 2.90. The molecule has 0 aromatic heterocycles. The van der Waals surface area contributed by atoms with E-state index in [0.717, 1.165) is 11.3 Å². The molecule has 1 aromatic carbocycles. The lowest BCUT2D eigenvalue weighted by Crippen LogP contribution is -2.15. The first-order valence-corrected chi connectivity index (χ1v) is 5.82. The normalized spacial score (nSPS) is 14.8. The van der Waals surface area contributed by atoms with Crippen molar-refractivity contribution in [3.05, 3.63) is 53.3 Å². The maximum Gasteiger partial charge on any atom is 0.220 e. The molecule has 4 heteroatoms. The zero-order valence-corrected chi connectivity index (χ0v) is 10.8. The molecular weight excluding hydrogens is 244 g/mol. The van der Waals surface area contributed by atoms with Gasteiger partial charge in [-0.1, -0.05) is 12.1 Å². The fourth-order valence-electron chi connectivity index (χ4n) is 1.84. The SMILES string of the molecule is COC1=CC(=O)C(Cc2ccc(OC)cc2)=CC1=O. The molecule has 1 aliphatic carbocycles. The summed E-state index contributed by atoms with van der Waals surface area (Å²) in [7, 11) is 2.97. The fraction of sp³-hybridized carbons (Fsp3) is 0.200. The van der Waals surface area contributed by atoms with E-state index >= 15 is 0 Å². The van der Waals surface area contributed by atoms with Crippen LogP contribution in [0.3, 0.4) is 0 Å². The standard InChI is InChI=1S/C15H14O4/c1-18-12-5-3-10(4-6-12)7-11-8-14(17)15(19-2)9-13(11)16/h3-6,8-9H,7H2,1-2H3. The molecule has 0 spiro atoms. The largest absolute Gasteiger partial charge is 0.497 e. The van der Waals surface area contributed by atoms with E-state index in [9.17, 15) is 9.59 Å². The number of ether oxygens (including phenoxy) is 2. The zero-order chi connectivity index (χ0) is 13.8. The molecule has 0 heterocycles. The Balaban J connectivity index is 2.15. The Kier molecular flexibility index (Phi) is 3.80. The quantitative estimate of drug-likeness (QED) is 0.773. The maximum atomic E-state index is 11.8. The van der Waals surface area contributed by atoms with Crippen LogP contribution in [-0.2, 0) is 20.7 Å². The highest BCUT2D eigenvalue weighted by Crippen LogP contribution is 2.18. The number of hydrogen-bond acceptors (Lipinski definition) is 4. The Bertz CT molecular complexity index is 564. The van der Waals surface area contributed by atoms with E-state index in [-0.39, 0.29) is 17.3 Å². The molecule has 2 rings (SSSR count). The summed E-state index contributed by atoms with van der Waals surface area (Å²) in [4.78, 5) is 23.5. The lowest BCUT2D eigenvalue weighted by Gasteiger charge is -2.11. The van der Waals surface area contributed by atoms with Gasteiger partial charge >= 0.3 is 0 Å². The first-order valence-electron chi connectivity index (χ1n) is 5.82. The van der Waals surface area contributed by atoms with Crippen molar-refractivity contribution in [2.45, 2.75) is 6.42 Å². The molecule has 0 saturated carbocycles. The molecule has 0 bridgehead atoms. The number of methoxy groups -OCH3 is 2. The van der Waals surface area contributed by atoms with Crippen molar-refractivity contribution in [3.63, 3.8) is 0 Å². The van der Waals surface area contributed by atoms with Crippen molar-refractivity contribution in [2.24, 2.45) is 0 Å². The van der Waals surface area contributed by atoms with E-state index < -0.39 is 0 Å². The van der Waals surface area contributed by atoms with Crippen LogP contribution in [0.25, 0.3) is 0 Å². The van der Waals surface area contributed by atoms with Gasteiger partial charge in [-0.3, -0.25) is 9.59 Å². The molecule has 1 aliphatic rings. The summed E-state index contributed by atoms with van der Waals surface area (Å²) in [5, 5.41) is 0. The van der Waals surface area contributed by atoms with Crippen molar-refractivity contribution < 1.29 is 19.1 Å². The van der Waals surface area contributed by atoms with E-state index in [2.05, 4.69) is 0 Å². The van der Waals surface area contributed by atoms with Gasteiger partial charge in [0.1, 0.15) is 5.75 Å². The van der Waals surface area contributed by atoms with Gasteiger partial charge in [0.15, 0.2) is 11.5 Å². The van der Waals surface area contributed by atoms with Crippen molar-refractivity contribution in [3.8, 4) is 5.75 Å². The molecule has 4 nitrogen and oxygen atoms in total. The van der Waals surface area contributed by atoms with Crippen LogP contribution in [0.1, 0.15) is 5.56 Å². The van der Waals surface area contributed by atoms with Crippen LogP contribution in [0.15, 0.2) is 47.7 Å². The van der Waals surface area contributed by atoms with Gasteiger partial charge in [-0.2, -0.15) is 0 Å². The number of ketones is 2. The minimum absolute atomic E-state index is 0.0866. The van der Waals surface area contributed by atoms with Crippen LogP contribution in [0.5, 0.6) is 5.75 Å². The monoisotopic (exact) mass is 258 g/mol. The highest BCUT2D eigenvalue weighted by Gasteiger charge is 2.20. The summed E-state index contributed by atoms with van der Waals surface area (Å²) < 4.78 is 9.90. The predicted molar refractivity (Wildman–Crippen MR) is 69.9 cm³/mol. The van der Waals surface area contributed by atoms with Gasteiger partial charge in [-0.25, -0.2) is 0 Å². The number of rotatable bonds is 4. The molecule has 0 aliphatic heterocycles. The molecule has 0 unspecified atom stereocenters. The number of carbonyl (C=O) groups is 2. The van der Waals surface area contributed by atoms with Gasteiger partial charge in [0.05, 0.1) is 14.2 Å². The van der Waals surface area contributed by atoms with Crippen molar-refractivity contribution >= 4 is 11.6 Å². The summed E-state index contributed by atoms with van der Waals surface area (Å²) in [5.74, 6) is 0.381. The van der Waals surface area contributed by atoms with Gasteiger partial charge in [0.2, 0.25) is 5.78 Å². The molecule has 0 saturated heterocycles. The first kappa shape index (κ1) is 13.1. The minimum Gasteiger partial charge on any atom is -0.497 e. The Morgan fingerprint density at radius 2 is 1.58 bits per heavy atom. The number of benzene rings is 1. The van der Waals surface area contributed by atoms with Crippen LogP contribution in [0, 0.1) is 0 Å². The average Bonchev–Trinajstić information content (AvgIpc) is 2.43. The first-order chi connectivity index (χ1) is 9.13. The van der Waals surface area contributed by atoms with Crippen LogP contribution in [0.2, 0.25) is 0 Å². The summed E-state index contributed by atoms with van der Waals surface area (Å²) >= 11 is 0. The topological polar surface area (TPSA) is 52.6 Å². The molecule has 0 amide bonds. The number of allylic oxidation sites excluding steroid dienone is 3. The second-order valence-corrected chi connectivity index (χ2v) is 4.14. The fourth-order valence-corrected chi connectivity index (χ4v) is 1.84. The predicted octanol–water partition coefficient (Wildman–Crippen LogP) is 1.85. The molecule has 0 N–H and O–H groups in total. The third kappa shape index (κ3) is 2.91. The van der Waals surface area contributed by atoms with E-state index in [1.807, 2.05) is 24.3 Å². The molecule has 98 valence electrons. The number of hydrogen-bond donors (Lipinski definition) is 0. The van der Waals surface area contributed by atoms with Gasteiger partial charge in [-0.15, -0.1) is 0 Å². The van der Waals surface area contributed by atoms with E-state index in [0.29, 0.717) is 12.0 Å². The Hall–Kier alpha value is -2.36. The summed E-state index contributed by atoms with van der Waals surface area (Å²) in [6.07, 6.45) is 2.99. The molecule has 1 aromatic rings. The van der Waals surface area contributed by atoms with E-state index in [4.69, 9.17) is 9.47 Å². The van der Waals surface area contributed by atoms with E-state index in [1.165, 1.54) is 19.3 Å². The summed E-state index contributed by atoms with van der Waals surface area (Å²) in [5.41, 5.74) is 1.42. The lowest BCUT2D eigenvalue weighted by atomic mass is 9.96. The Morgan fingerprint density at radius 1 is 0.895 bits per heavy atom. The summed E-state index contributed by atoms with van der Waals surface area (Å²) in [6, 6.07) is 7.38. The Morgan fingerprint density at radius 3 is 2.16 bits per heavy atom. The molecular formula is C15H14O4. The van der Waals surface area contributed by atoms with Crippen molar-refractivity contribution in [1.82, 2.24) is 0 Å². The second kappa shape index (κ2) is 5.52. The molecule has 0 fully saturated rings. The van der Waals surface area contributed by atoms with Gasteiger partial charge in [0, 0.05) is 18.1 Å².